The fraction of sp³-hybridized carbons (Fsp3) is 0.250. The Labute approximate surface area is 169 Å². The number of anilines is 3. The van der Waals surface area contributed by atoms with E-state index in [0.29, 0.717) is 28.2 Å². The lowest BCUT2D eigenvalue weighted by molar-refractivity contribution is 0.405. The highest BCUT2D eigenvalue weighted by atomic mass is 35.5. The number of hydrogen-bond acceptors (Lipinski definition) is 7. The third kappa shape index (κ3) is 5.55. The first-order chi connectivity index (χ1) is 13.5. The molecule has 0 amide bonds. The van der Waals surface area contributed by atoms with E-state index in [4.69, 9.17) is 11.6 Å². The van der Waals surface area contributed by atoms with Crippen LogP contribution in [0.5, 0.6) is 5.75 Å². The van der Waals surface area contributed by atoms with Crippen LogP contribution in [0, 0.1) is 0 Å². The predicted octanol–water partition coefficient (Wildman–Crippen LogP) is 4.00. The number of nitrogens with zero attached hydrogens (tertiary/aromatic N) is 4. The molecule has 8 heteroatoms. The van der Waals surface area contributed by atoms with Crippen LogP contribution < -0.4 is 10.6 Å². The normalized spacial score (nSPS) is 10.9. The number of halogens is 1. The number of pyridine rings is 1. The smallest absolute Gasteiger partial charge is 0.225 e. The summed E-state index contributed by atoms with van der Waals surface area (Å²) in [5, 5.41) is 17.0. The molecule has 0 spiro atoms. The number of phenolic OH excluding ortho intramolecular Hbond substituents is 1. The summed E-state index contributed by atoms with van der Waals surface area (Å²) in [6.07, 6.45) is 2.68. The van der Waals surface area contributed by atoms with Crippen molar-refractivity contribution in [2.24, 2.45) is 0 Å². The molecule has 0 saturated heterocycles. The second-order valence-electron chi connectivity index (χ2n) is 6.55. The van der Waals surface area contributed by atoms with Crippen LogP contribution in [-0.2, 0) is 0 Å². The third-order valence-electron chi connectivity index (χ3n) is 3.94. The fourth-order valence-corrected chi connectivity index (χ4v) is 2.75. The van der Waals surface area contributed by atoms with Gasteiger partial charge in [0.1, 0.15) is 11.6 Å². The standard InChI is InChI=1S/C20H23ClN6O/c1-27(2)11-5-10-23-20-25-16(15-6-3-4-9-22-15)13-19(26-20)24-17-12-14(21)7-8-18(17)28/h3-4,6-9,12-13,28H,5,10-11H2,1-2H3,(H2,23,24,25,26). The van der Waals surface area contributed by atoms with Gasteiger partial charge in [-0.2, -0.15) is 4.98 Å². The highest BCUT2D eigenvalue weighted by molar-refractivity contribution is 6.30. The summed E-state index contributed by atoms with van der Waals surface area (Å²) in [5.41, 5.74) is 1.88. The van der Waals surface area contributed by atoms with Gasteiger partial charge in [-0.15, -0.1) is 0 Å². The zero-order chi connectivity index (χ0) is 19.9. The van der Waals surface area contributed by atoms with Gasteiger partial charge in [0.25, 0.3) is 0 Å². The van der Waals surface area contributed by atoms with Crippen molar-refractivity contribution in [1.82, 2.24) is 19.9 Å². The van der Waals surface area contributed by atoms with Gasteiger partial charge in [0.2, 0.25) is 5.95 Å². The molecule has 3 rings (SSSR count). The number of benzene rings is 1. The first kappa shape index (κ1) is 19.9. The summed E-state index contributed by atoms with van der Waals surface area (Å²) in [4.78, 5) is 15.6. The molecule has 0 atom stereocenters. The summed E-state index contributed by atoms with van der Waals surface area (Å²) < 4.78 is 0. The van der Waals surface area contributed by atoms with E-state index in [0.717, 1.165) is 25.2 Å². The van der Waals surface area contributed by atoms with Gasteiger partial charge >= 0.3 is 0 Å². The molecule has 0 fully saturated rings. The minimum atomic E-state index is 0.0860. The third-order valence-corrected chi connectivity index (χ3v) is 4.18. The molecule has 2 aromatic heterocycles. The monoisotopic (exact) mass is 398 g/mol. The quantitative estimate of drug-likeness (QED) is 0.390. The SMILES string of the molecule is CN(C)CCCNc1nc(Nc2cc(Cl)ccc2O)cc(-c2ccccn2)n1. The molecular weight excluding hydrogens is 376 g/mol. The van der Waals surface area contributed by atoms with Crippen LogP contribution >= 0.6 is 11.6 Å². The Morgan fingerprint density at radius 3 is 2.68 bits per heavy atom. The Balaban J connectivity index is 1.87. The number of hydrogen-bond donors (Lipinski definition) is 3. The summed E-state index contributed by atoms with van der Waals surface area (Å²) in [6, 6.07) is 12.2. The zero-order valence-corrected chi connectivity index (χ0v) is 16.6. The highest BCUT2D eigenvalue weighted by Crippen LogP contribution is 2.30. The van der Waals surface area contributed by atoms with Crippen LogP contribution in [0.15, 0.2) is 48.7 Å². The summed E-state index contributed by atoms with van der Waals surface area (Å²) >= 11 is 6.04. The largest absolute Gasteiger partial charge is 0.506 e. The molecule has 0 unspecified atom stereocenters. The van der Waals surface area contributed by atoms with Gasteiger partial charge in [0.05, 0.1) is 17.1 Å². The second kappa shape index (κ2) is 9.34. The molecule has 0 aliphatic heterocycles. The lowest BCUT2D eigenvalue weighted by atomic mass is 10.2. The maximum atomic E-state index is 10.1. The molecule has 0 aliphatic rings. The van der Waals surface area contributed by atoms with E-state index in [9.17, 15) is 5.11 Å². The summed E-state index contributed by atoms with van der Waals surface area (Å²) in [7, 11) is 4.08. The highest BCUT2D eigenvalue weighted by Gasteiger charge is 2.10. The molecule has 146 valence electrons. The van der Waals surface area contributed by atoms with E-state index in [1.165, 1.54) is 6.07 Å². The van der Waals surface area contributed by atoms with E-state index >= 15 is 0 Å². The zero-order valence-electron chi connectivity index (χ0n) is 15.9. The molecule has 0 saturated carbocycles. The number of aromatic hydroxyl groups is 1. The lowest BCUT2D eigenvalue weighted by Crippen LogP contribution is -2.17. The average molecular weight is 399 g/mol. The van der Waals surface area contributed by atoms with E-state index in [1.807, 2.05) is 32.3 Å². The Kier molecular flexibility index (Phi) is 6.62. The van der Waals surface area contributed by atoms with Gasteiger partial charge in [-0.3, -0.25) is 4.98 Å². The molecular formula is C20H23ClN6O. The molecule has 0 bridgehead atoms. The average Bonchev–Trinajstić information content (AvgIpc) is 2.68. The van der Waals surface area contributed by atoms with Crippen molar-refractivity contribution in [3.05, 3.63) is 53.7 Å². The minimum Gasteiger partial charge on any atom is -0.506 e. The molecule has 7 nitrogen and oxygen atoms in total. The van der Waals surface area contributed by atoms with Crippen molar-refractivity contribution >= 4 is 29.1 Å². The Bertz CT molecular complexity index is 920. The van der Waals surface area contributed by atoms with Crippen LogP contribution in [0.3, 0.4) is 0 Å². The summed E-state index contributed by atoms with van der Waals surface area (Å²) in [6.45, 7) is 1.71. The molecule has 28 heavy (non-hydrogen) atoms. The van der Waals surface area contributed by atoms with Crippen molar-refractivity contribution in [3.8, 4) is 17.1 Å². The van der Waals surface area contributed by atoms with E-state index in [-0.39, 0.29) is 5.75 Å². The van der Waals surface area contributed by atoms with Crippen LogP contribution in [0.25, 0.3) is 11.4 Å². The van der Waals surface area contributed by atoms with E-state index in [2.05, 4.69) is 30.5 Å². The van der Waals surface area contributed by atoms with E-state index < -0.39 is 0 Å². The van der Waals surface area contributed by atoms with Crippen LogP contribution in [-0.4, -0.2) is 52.1 Å². The molecule has 3 N–H and O–H groups in total. The Morgan fingerprint density at radius 2 is 1.93 bits per heavy atom. The van der Waals surface area contributed by atoms with Crippen molar-refractivity contribution in [2.45, 2.75) is 6.42 Å². The van der Waals surface area contributed by atoms with Crippen molar-refractivity contribution in [3.63, 3.8) is 0 Å². The lowest BCUT2D eigenvalue weighted by Gasteiger charge is -2.13. The molecule has 1 aromatic carbocycles. The first-order valence-electron chi connectivity index (χ1n) is 8.96. The van der Waals surface area contributed by atoms with Gasteiger partial charge in [-0.25, -0.2) is 4.98 Å². The van der Waals surface area contributed by atoms with Gasteiger partial charge in [0, 0.05) is 23.8 Å². The number of rotatable bonds is 8. The van der Waals surface area contributed by atoms with Gasteiger partial charge in [-0.1, -0.05) is 17.7 Å². The van der Waals surface area contributed by atoms with Gasteiger partial charge < -0.3 is 20.6 Å². The molecule has 0 radical (unpaired) electrons. The predicted molar refractivity (Wildman–Crippen MR) is 113 cm³/mol. The minimum absolute atomic E-state index is 0.0860. The second-order valence-corrected chi connectivity index (χ2v) is 6.98. The maximum absolute atomic E-state index is 10.1. The van der Waals surface area contributed by atoms with E-state index in [1.54, 1.807) is 24.4 Å². The van der Waals surface area contributed by atoms with Gasteiger partial charge in [-0.05, 0) is 57.4 Å². The van der Waals surface area contributed by atoms with Crippen LogP contribution in [0.4, 0.5) is 17.5 Å². The number of aromatic nitrogens is 3. The number of nitrogens with one attached hydrogen (secondary N) is 2. The fourth-order valence-electron chi connectivity index (χ4n) is 2.58. The van der Waals surface area contributed by atoms with Crippen LogP contribution in [0.2, 0.25) is 5.02 Å². The maximum Gasteiger partial charge on any atom is 0.225 e. The van der Waals surface area contributed by atoms with Crippen molar-refractivity contribution in [1.29, 1.82) is 0 Å². The Morgan fingerprint density at radius 1 is 1.07 bits per heavy atom. The molecule has 0 aliphatic carbocycles. The summed E-state index contributed by atoms with van der Waals surface area (Å²) in [5.74, 6) is 1.11. The van der Waals surface area contributed by atoms with Crippen LogP contribution in [0.1, 0.15) is 6.42 Å². The Hall–Kier alpha value is -2.90. The molecule has 3 aromatic rings. The first-order valence-corrected chi connectivity index (χ1v) is 9.34. The molecule has 2 heterocycles. The van der Waals surface area contributed by atoms with Gasteiger partial charge in [0.15, 0.2) is 0 Å². The topological polar surface area (TPSA) is 86.2 Å². The van der Waals surface area contributed by atoms with Crippen molar-refractivity contribution < 1.29 is 5.11 Å². The van der Waals surface area contributed by atoms with Crippen molar-refractivity contribution in [2.75, 3.05) is 37.8 Å². The number of phenols is 1.